The van der Waals surface area contributed by atoms with Crippen molar-refractivity contribution in [2.45, 2.75) is 26.3 Å². The largest absolute Gasteiger partial charge is 0.492 e. The average molecular weight is 354 g/mol. The number of hydrogen-bond acceptors (Lipinski definition) is 5. The van der Waals surface area contributed by atoms with Crippen LogP contribution in [0, 0.1) is 13.8 Å². The molecule has 0 radical (unpaired) electrons. The van der Waals surface area contributed by atoms with Crippen LogP contribution in [0.2, 0.25) is 0 Å². The lowest BCUT2D eigenvalue weighted by molar-refractivity contribution is -0.122. The molecule has 0 aromatic heterocycles. The lowest BCUT2D eigenvalue weighted by atomic mass is 10.1. The number of hydrogen-bond donors (Lipinski definition) is 1. The minimum atomic E-state index is -2.97. The summed E-state index contributed by atoms with van der Waals surface area (Å²) in [5.74, 6) is 0.906. The molecule has 0 saturated carbocycles. The van der Waals surface area contributed by atoms with Crippen LogP contribution in [-0.2, 0) is 14.6 Å². The van der Waals surface area contributed by atoms with E-state index in [2.05, 4.69) is 11.4 Å². The van der Waals surface area contributed by atoms with Crippen LogP contribution in [0.3, 0.4) is 0 Å². The lowest BCUT2D eigenvalue weighted by Gasteiger charge is -2.18. The molecule has 1 amide bonds. The van der Waals surface area contributed by atoms with Gasteiger partial charge >= 0.3 is 0 Å². The monoisotopic (exact) mass is 354 g/mol. The molecule has 7 heteroatoms. The van der Waals surface area contributed by atoms with E-state index in [4.69, 9.17) is 4.74 Å². The van der Waals surface area contributed by atoms with Crippen molar-refractivity contribution in [2.24, 2.45) is 0 Å². The molecule has 1 aliphatic rings. The second kappa shape index (κ2) is 7.98. The van der Waals surface area contributed by atoms with Crippen LogP contribution in [0.25, 0.3) is 0 Å². The fraction of sp³-hybridized carbons (Fsp3) is 0.588. The smallest absolute Gasteiger partial charge is 0.234 e. The molecular weight excluding hydrogens is 328 g/mol. The highest BCUT2D eigenvalue weighted by Gasteiger charge is 2.28. The molecule has 1 aromatic rings. The quantitative estimate of drug-likeness (QED) is 0.788. The first-order valence-corrected chi connectivity index (χ1v) is 9.95. The van der Waals surface area contributed by atoms with E-state index in [9.17, 15) is 13.2 Å². The van der Waals surface area contributed by atoms with Gasteiger partial charge in [0.15, 0.2) is 9.84 Å². The Morgan fingerprint density at radius 3 is 2.54 bits per heavy atom. The Kier molecular flexibility index (Phi) is 6.23. The molecule has 1 saturated heterocycles. The number of rotatable bonds is 7. The van der Waals surface area contributed by atoms with Crippen LogP contribution in [0.1, 0.15) is 17.5 Å². The van der Waals surface area contributed by atoms with Gasteiger partial charge < -0.3 is 10.1 Å². The topological polar surface area (TPSA) is 75.7 Å². The maximum absolute atomic E-state index is 12.0. The highest BCUT2D eigenvalue weighted by Crippen LogP contribution is 2.16. The van der Waals surface area contributed by atoms with Crippen molar-refractivity contribution >= 4 is 15.7 Å². The zero-order valence-electron chi connectivity index (χ0n) is 14.5. The minimum absolute atomic E-state index is 0.0538. The molecule has 0 aliphatic carbocycles. The Bertz CT molecular complexity index is 668. The number of nitrogens with zero attached hydrogens (tertiary/aromatic N) is 1. The Labute approximate surface area is 144 Å². The molecule has 0 spiro atoms. The summed E-state index contributed by atoms with van der Waals surface area (Å²) in [7, 11) is -1.13. The summed E-state index contributed by atoms with van der Waals surface area (Å²) in [4.78, 5) is 13.8. The third-order valence-corrected chi connectivity index (χ3v) is 5.72. The van der Waals surface area contributed by atoms with Gasteiger partial charge in [0.05, 0.1) is 18.1 Å². The van der Waals surface area contributed by atoms with E-state index >= 15 is 0 Å². The number of amides is 1. The van der Waals surface area contributed by atoms with Crippen molar-refractivity contribution in [3.05, 3.63) is 29.3 Å². The first-order chi connectivity index (χ1) is 11.2. The van der Waals surface area contributed by atoms with Gasteiger partial charge in [-0.2, -0.15) is 0 Å². The summed E-state index contributed by atoms with van der Waals surface area (Å²) in [6.45, 7) is 5.39. The van der Waals surface area contributed by atoms with Crippen molar-refractivity contribution in [3.63, 3.8) is 0 Å². The van der Waals surface area contributed by atoms with Crippen molar-refractivity contribution in [3.8, 4) is 5.75 Å². The molecule has 0 bridgehead atoms. The first kappa shape index (κ1) is 18.7. The van der Waals surface area contributed by atoms with Crippen LogP contribution in [0.15, 0.2) is 18.2 Å². The molecule has 1 fully saturated rings. The Balaban J connectivity index is 1.69. The fourth-order valence-electron chi connectivity index (χ4n) is 2.84. The molecule has 1 atom stereocenters. The molecule has 1 N–H and O–H groups in total. The van der Waals surface area contributed by atoms with Crippen LogP contribution >= 0.6 is 0 Å². The summed E-state index contributed by atoms with van der Waals surface area (Å²) >= 11 is 0. The van der Waals surface area contributed by atoms with E-state index in [1.807, 2.05) is 37.9 Å². The van der Waals surface area contributed by atoms with E-state index in [0.29, 0.717) is 19.6 Å². The van der Waals surface area contributed by atoms with Gasteiger partial charge in [-0.3, -0.25) is 9.69 Å². The third-order valence-electron chi connectivity index (χ3n) is 3.95. The Hall–Kier alpha value is -1.60. The van der Waals surface area contributed by atoms with Crippen LogP contribution in [0.5, 0.6) is 5.75 Å². The molecule has 1 aliphatic heterocycles. The molecule has 1 heterocycles. The van der Waals surface area contributed by atoms with Crippen LogP contribution < -0.4 is 10.1 Å². The average Bonchev–Trinajstić information content (AvgIpc) is 2.76. The minimum Gasteiger partial charge on any atom is -0.492 e. The van der Waals surface area contributed by atoms with Crippen molar-refractivity contribution < 1.29 is 17.9 Å². The molecule has 0 unspecified atom stereocenters. The number of sulfone groups is 1. The summed E-state index contributed by atoms with van der Waals surface area (Å²) in [5, 5.41) is 2.79. The number of aryl methyl sites for hydroxylation is 2. The third kappa shape index (κ3) is 6.13. The van der Waals surface area contributed by atoms with Crippen molar-refractivity contribution in [1.82, 2.24) is 10.2 Å². The number of benzene rings is 1. The summed E-state index contributed by atoms with van der Waals surface area (Å²) in [6, 6.07) is 5.81. The number of likely N-dealkylation sites (N-methyl/N-ethyl adjacent to an activating group) is 1. The van der Waals surface area contributed by atoms with Gasteiger partial charge in [0.25, 0.3) is 0 Å². The summed E-state index contributed by atoms with van der Waals surface area (Å²) in [6.07, 6.45) is 0.508. The van der Waals surface area contributed by atoms with Gasteiger partial charge in [0.1, 0.15) is 12.4 Å². The number of carbonyl (C=O) groups excluding carboxylic acids is 1. The highest BCUT2D eigenvalue weighted by atomic mass is 32.2. The van der Waals surface area contributed by atoms with Crippen LogP contribution in [0.4, 0.5) is 0 Å². The van der Waals surface area contributed by atoms with Gasteiger partial charge in [-0.25, -0.2) is 8.42 Å². The molecule has 134 valence electrons. The predicted octanol–water partition coefficient (Wildman–Crippen LogP) is 0.917. The van der Waals surface area contributed by atoms with Gasteiger partial charge in [-0.15, -0.1) is 0 Å². The normalized spacial score (nSPS) is 19.4. The lowest BCUT2D eigenvalue weighted by Crippen LogP contribution is -2.42. The predicted molar refractivity (Wildman–Crippen MR) is 94.1 cm³/mol. The molecule has 1 aromatic carbocycles. The maximum Gasteiger partial charge on any atom is 0.234 e. The highest BCUT2D eigenvalue weighted by molar-refractivity contribution is 7.91. The van der Waals surface area contributed by atoms with E-state index in [1.165, 1.54) is 0 Å². The van der Waals surface area contributed by atoms with E-state index < -0.39 is 9.84 Å². The SMILES string of the molecule is Cc1cc(C)cc(OCCN(C)CC(=O)N[C@H]2CCS(=O)(=O)C2)c1. The fourth-order valence-corrected chi connectivity index (χ4v) is 4.52. The zero-order valence-corrected chi connectivity index (χ0v) is 15.4. The van der Waals surface area contributed by atoms with Gasteiger partial charge in [0.2, 0.25) is 5.91 Å². The van der Waals surface area contributed by atoms with Crippen molar-refractivity contribution in [1.29, 1.82) is 0 Å². The number of ether oxygens (including phenoxy) is 1. The van der Waals surface area contributed by atoms with Gasteiger partial charge in [0, 0.05) is 12.6 Å². The van der Waals surface area contributed by atoms with E-state index in [1.54, 1.807) is 0 Å². The Morgan fingerprint density at radius 1 is 1.29 bits per heavy atom. The van der Waals surface area contributed by atoms with E-state index in [0.717, 1.165) is 16.9 Å². The van der Waals surface area contributed by atoms with Gasteiger partial charge in [-0.1, -0.05) is 6.07 Å². The zero-order chi connectivity index (χ0) is 17.7. The Morgan fingerprint density at radius 2 is 1.96 bits per heavy atom. The van der Waals surface area contributed by atoms with Crippen LogP contribution in [-0.4, -0.2) is 63.5 Å². The number of carbonyl (C=O) groups is 1. The standard InChI is InChI=1S/C17H26N2O4S/c1-13-8-14(2)10-16(9-13)23-6-5-19(3)11-17(20)18-15-4-7-24(21,22)12-15/h8-10,15H,4-7,11-12H2,1-3H3,(H,18,20)/t15-/m0/s1. The van der Waals surface area contributed by atoms with Gasteiger partial charge in [-0.05, 0) is 50.6 Å². The van der Waals surface area contributed by atoms with E-state index in [-0.39, 0.29) is 30.0 Å². The molecular formula is C17H26N2O4S. The molecule has 24 heavy (non-hydrogen) atoms. The molecule has 2 rings (SSSR count). The second-order valence-electron chi connectivity index (χ2n) is 6.58. The number of nitrogens with one attached hydrogen (secondary N) is 1. The maximum atomic E-state index is 12.0. The molecule has 6 nitrogen and oxygen atoms in total. The first-order valence-electron chi connectivity index (χ1n) is 8.13. The van der Waals surface area contributed by atoms with Crippen molar-refractivity contribution in [2.75, 3.05) is 38.2 Å². The summed E-state index contributed by atoms with van der Waals surface area (Å²) < 4.78 is 28.5. The summed E-state index contributed by atoms with van der Waals surface area (Å²) in [5.41, 5.74) is 2.31. The second-order valence-corrected chi connectivity index (χ2v) is 8.81.